The summed E-state index contributed by atoms with van der Waals surface area (Å²) < 4.78 is 0. The molecule has 0 aromatic carbocycles. The standard InChI is InChI=1S/C23H30N2O4/c1-12-7-14(3-5-16(12)18-10-20(26)24-22(18)28)9-15-4-6-17(13(2)8-15)19-11-21(27)25-23(19)29/h10-17H,3-9H2,1-2H3,(H,24,26,28)(H,25,27,29). The fraction of sp³-hybridized carbons (Fsp3) is 0.652. The van der Waals surface area contributed by atoms with Crippen molar-refractivity contribution in [2.45, 2.75) is 58.8 Å². The third kappa shape index (κ3) is 4.07. The van der Waals surface area contributed by atoms with Crippen molar-refractivity contribution in [2.24, 2.45) is 35.5 Å². The van der Waals surface area contributed by atoms with E-state index < -0.39 is 0 Å². The lowest BCUT2D eigenvalue weighted by Crippen LogP contribution is -2.32. The molecule has 4 rings (SSSR count). The van der Waals surface area contributed by atoms with Gasteiger partial charge in [0.2, 0.25) is 0 Å². The van der Waals surface area contributed by atoms with Crippen molar-refractivity contribution in [1.29, 1.82) is 0 Å². The van der Waals surface area contributed by atoms with Gasteiger partial charge >= 0.3 is 0 Å². The molecule has 0 radical (unpaired) electrons. The summed E-state index contributed by atoms with van der Waals surface area (Å²) in [5.74, 6) is 1.54. The molecule has 0 aromatic heterocycles. The molecule has 4 amide bonds. The number of hydrogen-bond acceptors (Lipinski definition) is 4. The summed E-state index contributed by atoms with van der Waals surface area (Å²) in [6.45, 7) is 4.41. The molecule has 2 aliphatic heterocycles. The highest BCUT2D eigenvalue weighted by molar-refractivity contribution is 6.17. The molecule has 156 valence electrons. The van der Waals surface area contributed by atoms with E-state index >= 15 is 0 Å². The molecular weight excluding hydrogens is 368 g/mol. The van der Waals surface area contributed by atoms with Gasteiger partial charge in [0.05, 0.1) is 0 Å². The second-order valence-electron chi connectivity index (χ2n) is 9.60. The van der Waals surface area contributed by atoms with Crippen molar-refractivity contribution in [3.8, 4) is 0 Å². The van der Waals surface area contributed by atoms with Crippen LogP contribution in [0, 0.1) is 35.5 Å². The average Bonchev–Trinajstić information content (AvgIpc) is 3.15. The number of rotatable bonds is 4. The van der Waals surface area contributed by atoms with Crippen LogP contribution in [0.3, 0.4) is 0 Å². The van der Waals surface area contributed by atoms with Gasteiger partial charge in [-0.15, -0.1) is 0 Å². The SMILES string of the molecule is CC1CC(CC2CCC(C3=CC(=O)NC3=O)C(C)C2)CCC1C1=CC(=O)NC1=O. The van der Waals surface area contributed by atoms with E-state index in [1.807, 2.05) is 0 Å². The first-order chi connectivity index (χ1) is 13.8. The van der Waals surface area contributed by atoms with Crippen LogP contribution >= 0.6 is 0 Å². The second kappa shape index (κ2) is 7.88. The summed E-state index contributed by atoms with van der Waals surface area (Å²) in [6, 6.07) is 0. The van der Waals surface area contributed by atoms with E-state index in [1.165, 1.54) is 18.6 Å². The third-order valence-electron chi connectivity index (χ3n) is 7.59. The van der Waals surface area contributed by atoms with Gasteiger partial charge in [0, 0.05) is 23.3 Å². The molecular formula is C23H30N2O4. The van der Waals surface area contributed by atoms with E-state index in [-0.39, 0.29) is 35.5 Å². The van der Waals surface area contributed by atoms with Gasteiger partial charge in [0.15, 0.2) is 0 Å². The van der Waals surface area contributed by atoms with Gasteiger partial charge in [-0.05, 0) is 80.5 Å². The zero-order valence-electron chi connectivity index (χ0n) is 17.2. The Morgan fingerprint density at radius 3 is 1.45 bits per heavy atom. The summed E-state index contributed by atoms with van der Waals surface area (Å²) >= 11 is 0. The smallest absolute Gasteiger partial charge is 0.254 e. The van der Waals surface area contributed by atoms with Gasteiger partial charge in [0.25, 0.3) is 23.6 Å². The molecule has 0 spiro atoms. The normalized spacial score (nSPS) is 37.9. The Morgan fingerprint density at radius 1 is 0.724 bits per heavy atom. The summed E-state index contributed by atoms with van der Waals surface area (Å²) in [5, 5.41) is 4.75. The van der Waals surface area contributed by atoms with Crippen LogP contribution in [0.25, 0.3) is 0 Å². The zero-order chi connectivity index (χ0) is 20.7. The van der Waals surface area contributed by atoms with E-state index in [1.54, 1.807) is 0 Å². The minimum absolute atomic E-state index is 0.192. The summed E-state index contributed by atoms with van der Waals surface area (Å²) in [4.78, 5) is 46.9. The topological polar surface area (TPSA) is 92.3 Å². The summed E-state index contributed by atoms with van der Waals surface area (Å²) in [7, 11) is 0. The molecule has 6 unspecified atom stereocenters. The number of hydrogen-bond donors (Lipinski definition) is 2. The Hall–Kier alpha value is -2.24. The molecule has 2 saturated carbocycles. The van der Waals surface area contributed by atoms with Crippen molar-refractivity contribution in [2.75, 3.05) is 0 Å². The number of carbonyl (C=O) groups is 4. The first-order valence-electron chi connectivity index (χ1n) is 11.0. The fourth-order valence-corrected chi connectivity index (χ4v) is 6.24. The molecule has 2 fully saturated rings. The van der Waals surface area contributed by atoms with Gasteiger partial charge in [-0.1, -0.05) is 13.8 Å². The average molecular weight is 399 g/mol. The summed E-state index contributed by atoms with van der Waals surface area (Å²) in [6.07, 6.45) is 10.5. The Bertz CT molecular complexity index is 746. The van der Waals surface area contributed by atoms with Gasteiger partial charge < -0.3 is 0 Å². The van der Waals surface area contributed by atoms with Crippen LogP contribution < -0.4 is 10.6 Å². The maximum atomic E-state index is 12.0. The number of nitrogens with one attached hydrogen (secondary N) is 2. The second-order valence-corrected chi connectivity index (χ2v) is 9.60. The zero-order valence-corrected chi connectivity index (χ0v) is 17.2. The van der Waals surface area contributed by atoms with Crippen LogP contribution in [0.4, 0.5) is 0 Å². The molecule has 0 saturated heterocycles. The van der Waals surface area contributed by atoms with Crippen molar-refractivity contribution in [1.82, 2.24) is 10.6 Å². The van der Waals surface area contributed by atoms with E-state index in [2.05, 4.69) is 24.5 Å². The minimum Gasteiger partial charge on any atom is -0.289 e. The molecule has 2 aliphatic carbocycles. The lowest BCUT2D eigenvalue weighted by molar-refractivity contribution is -0.125. The molecule has 6 heteroatoms. The van der Waals surface area contributed by atoms with Gasteiger partial charge in [0.1, 0.15) is 0 Å². The molecule has 2 N–H and O–H groups in total. The predicted octanol–water partition coefficient (Wildman–Crippen LogP) is 2.65. The highest BCUT2D eigenvalue weighted by Crippen LogP contribution is 2.45. The molecule has 0 bridgehead atoms. The first kappa shape index (κ1) is 20.0. The van der Waals surface area contributed by atoms with Crippen LogP contribution in [-0.4, -0.2) is 23.6 Å². The molecule has 2 heterocycles. The lowest BCUT2D eigenvalue weighted by Gasteiger charge is -2.39. The first-order valence-corrected chi connectivity index (χ1v) is 11.0. The lowest BCUT2D eigenvalue weighted by atomic mass is 9.66. The Labute approximate surface area is 171 Å². The third-order valence-corrected chi connectivity index (χ3v) is 7.59. The van der Waals surface area contributed by atoms with E-state index in [0.29, 0.717) is 34.8 Å². The largest absolute Gasteiger partial charge is 0.289 e. The van der Waals surface area contributed by atoms with Crippen LogP contribution in [0.1, 0.15) is 58.8 Å². The quantitative estimate of drug-likeness (QED) is 0.712. The number of imide groups is 2. The molecule has 4 aliphatic rings. The predicted molar refractivity (Wildman–Crippen MR) is 107 cm³/mol. The van der Waals surface area contributed by atoms with Crippen molar-refractivity contribution in [3.63, 3.8) is 0 Å². The number of carbonyl (C=O) groups excluding carboxylic acids is 4. The van der Waals surface area contributed by atoms with Crippen LogP contribution in [0.2, 0.25) is 0 Å². The Morgan fingerprint density at radius 2 is 1.14 bits per heavy atom. The van der Waals surface area contributed by atoms with Crippen LogP contribution in [0.15, 0.2) is 23.3 Å². The van der Waals surface area contributed by atoms with Gasteiger partial charge in [-0.3, -0.25) is 29.8 Å². The summed E-state index contributed by atoms with van der Waals surface area (Å²) in [5.41, 5.74) is 1.35. The van der Waals surface area contributed by atoms with Crippen molar-refractivity contribution >= 4 is 23.6 Å². The maximum absolute atomic E-state index is 12.0. The van der Waals surface area contributed by atoms with E-state index in [0.717, 1.165) is 38.5 Å². The molecule has 0 aromatic rings. The number of amides is 4. The van der Waals surface area contributed by atoms with Crippen molar-refractivity contribution < 1.29 is 19.2 Å². The highest BCUT2D eigenvalue weighted by Gasteiger charge is 2.39. The Balaban J connectivity index is 1.30. The Kier molecular flexibility index (Phi) is 5.45. The van der Waals surface area contributed by atoms with Gasteiger partial charge in [-0.25, -0.2) is 0 Å². The molecule has 6 atom stereocenters. The molecule has 29 heavy (non-hydrogen) atoms. The van der Waals surface area contributed by atoms with E-state index in [4.69, 9.17) is 0 Å². The monoisotopic (exact) mass is 398 g/mol. The minimum atomic E-state index is -0.280. The maximum Gasteiger partial charge on any atom is 0.254 e. The fourth-order valence-electron chi connectivity index (χ4n) is 6.24. The van der Waals surface area contributed by atoms with Crippen LogP contribution in [0.5, 0.6) is 0 Å². The molecule has 6 nitrogen and oxygen atoms in total. The highest BCUT2D eigenvalue weighted by atomic mass is 16.2. The van der Waals surface area contributed by atoms with Crippen molar-refractivity contribution in [3.05, 3.63) is 23.3 Å². The van der Waals surface area contributed by atoms with E-state index in [9.17, 15) is 19.2 Å². The van der Waals surface area contributed by atoms with Gasteiger partial charge in [-0.2, -0.15) is 0 Å². The van der Waals surface area contributed by atoms with Crippen LogP contribution in [-0.2, 0) is 19.2 Å².